The maximum absolute atomic E-state index is 5.10. The minimum Gasteiger partial charge on any atom is -0.292 e. The Labute approximate surface area is 329 Å². The van der Waals surface area contributed by atoms with Crippen LogP contribution in [0.1, 0.15) is 0 Å². The van der Waals surface area contributed by atoms with Crippen LogP contribution < -0.4 is 0 Å². The van der Waals surface area contributed by atoms with Gasteiger partial charge in [-0.25, -0.2) is 4.98 Å². The number of hydrogen-bond acceptors (Lipinski definition) is 1. The minimum absolute atomic E-state index is 0.995. The normalized spacial score (nSPS) is 11.9. The number of pyridine rings is 1. The second-order valence-electron chi connectivity index (χ2n) is 15.1. The molecule has 12 rings (SSSR count). The molecule has 0 N–H and O–H groups in total. The minimum atomic E-state index is 0.995. The van der Waals surface area contributed by atoms with Gasteiger partial charge in [-0.15, -0.1) is 0 Å². The SMILES string of the molecule is c1ccc2cc(-c3ccc(-c4c5ccccc5c(-c5ccc(-c6ccc7c(c6)c6ccccc6n6c8ccccc8nc76)cc5)c5ccccc45)cc3)ccc2c1. The first-order valence-corrected chi connectivity index (χ1v) is 19.6. The van der Waals surface area contributed by atoms with E-state index in [0.29, 0.717) is 0 Å². The highest BCUT2D eigenvalue weighted by molar-refractivity contribution is 6.21. The lowest BCUT2D eigenvalue weighted by Gasteiger charge is -2.18. The van der Waals surface area contributed by atoms with Crippen LogP contribution in [0.25, 0.3) is 115 Å². The van der Waals surface area contributed by atoms with Crippen molar-refractivity contribution in [3.8, 4) is 44.5 Å². The molecular weight excluding hydrogens is 689 g/mol. The van der Waals surface area contributed by atoms with Gasteiger partial charge in [0, 0.05) is 10.8 Å². The molecule has 2 nitrogen and oxygen atoms in total. The van der Waals surface area contributed by atoms with Gasteiger partial charge in [-0.1, -0.05) is 170 Å². The number of nitrogens with zero attached hydrogens (tertiary/aromatic N) is 2. The molecule has 0 aliphatic rings. The van der Waals surface area contributed by atoms with Crippen molar-refractivity contribution in [1.29, 1.82) is 0 Å². The summed E-state index contributed by atoms with van der Waals surface area (Å²) in [6.07, 6.45) is 0. The second-order valence-corrected chi connectivity index (χ2v) is 15.1. The Hall–Kier alpha value is -7.55. The van der Waals surface area contributed by atoms with Crippen molar-refractivity contribution in [3.05, 3.63) is 206 Å². The highest BCUT2D eigenvalue weighted by atomic mass is 15.0. The molecule has 2 aromatic heterocycles. The number of benzene rings is 10. The predicted octanol–water partition coefficient (Wildman–Crippen LogP) is 14.9. The molecule has 0 amide bonds. The van der Waals surface area contributed by atoms with Gasteiger partial charge < -0.3 is 0 Å². The molecule has 2 heterocycles. The van der Waals surface area contributed by atoms with Crippen LogP contribution in [0.4, 0.5) is 0 Å². The van der Waals surface area contributed by atoms with Gasteiger partial charge >= 0.3 is 0 Å². The largest absolute Gasteiger partial charge is 0.292 e. The Morgan fingerprint density at radius 1 is 0.281 bits per heavy atom. The standard InChI is InChI=1S/C55H34N2/c1-2-12-40-33-41(30-25-35(40)11-1)36-21-26-38(27-22-36)53-44-14-3-5-16-46(44)54(47-17-6-4-15-45(47)53)39-28-23-37(24-29-39)42-31-32-48-49(34-42)43-13-7-9-19-51(43)57-52-20-10-8-18-50(52)56-55(48)57/h1-34H. The molecule has 0 fully saturated rings. The van der Waals surface area contributed by atoms with Gasteiger partial charge in [0.15, 0.2) is 0 Å². The molecule has 12 aromatic rings. The highest BCUT2D eigenvalue weighted by Crippen LogP contribution is 2.44. The quantitative estimate of drug-likeness (QED) is 0.131. The summed E-state index contributed by atoms with van der Waals surface area (Å²) in [5.41, 5.74) is 14.1. The van der Waals surface area contributed by atoms with E-state index in [-0.39, 0.29) is 0 Å². The summed E-state index contributed by atoms with van der Waals surface area (Å²) in [5.74, 6) is 0. The molecule has 0 spiro atoms. The van der Waals surface area contributed by atoms with Crippen LogP contribution in [0.15, 0.2) is 206 Å². The number of para-hydroxylation sites is 3. The third-order valence-corrected chi connectivity index (χ3v) is 12.0. The lowest BCUT2D eigenvalue weighted by molar-refractivity contribution is 1.31. The summed E-state index contributed by atoms with van der Waals surface area (Å²) in [6, 6.07) is 75.3. The molecule has 57 heavy (non-hydrogen) atoms. The Morgan fingerprint density at radius 3 is 1.37 bits per heavy atom. The first-order valence-electron chi connectivity index (χ1n) is 19.6. The van der Waals surface area contributed by atoms with Gasteiger partial charge in [0.2, 0.25) is 0 Å². The Balaban J connectivity index is 0.969. The van der Waals surface area contributed by atoms with Crippen LogP contribution in [-0.2, 0) is 0 Å². The van der Waals surface area contributed by atoms with Crippen molar-refractivity contribution in [2.45, 2.75) is 0 Å². The Bertz CT molecular complexity index is 3500. The summed E-state index contributed by atoms with van der Waals surface area (Å²) < 4.78 is 2.31. The predicted molar refractivity (Wildman–Crippen MR) is 242 cm³/mol. The molecule has 2 heteroatoms. The molecule has 0 radical (unpaired) electrons. The first kappa shape index (κ1) is 31.8. The maximum Gasteiger partial charge on any atom is 0.146 e. The average molecular weight is 723 g/mol. The Kier molecular flexibility index (Phi) is 6.96. The fourth-order valence-electron chi connectivity index (χ4n) is 9.27. The van der Waals surface area contributed by atoms with E-state index in [1.54, 1.807) is 0 Å². The monoisotopic (exact) mass is 722 g/mol. The van der Waals surface area contributed by atoms with Crippen molar-refractivity contribution in [1.82, 2.24) is 9.38 Å². The fourth-order valence-corrected chi connectivity index (χ4v) is 9.27. The van der Waals surface area contributed by atoms with Gasteiger partial charge in [-0.2, -0.15) is 0 Å². The van der Waals surface area contributed by atoms with Crippen molar-refractivity contribution in [2.24, 2.45) is 0 Å². The van der Waals surface area contributed by atoms with E-state index >= 15 is 0 Å². The maximum atomic E-state index is 5.10. The average Bonchev–Trinajstić information content (AvgIpc) is 3.68. The van der Waals surface area contributed by atoms with Gasteiger partial charge in [-0.3, -0.25) is 4.40 Å². The van der Waals surface area contributed by atoms with Crippen LogP contribution >= 0.6 is 0 Å². The van der Waals surface area contributed by atoms with Crippen molar-refractivity contribution < 1.29 is 0 Å². The van der Waals surface area contributed by atoms with E-state index in [1.165, 1.54) is 93.1 Å². The number of fused-ring (bicyclic) bond motifs is 11. The molecule has 10 aromatic carbocycles. The molecule has 0 unspecified atom stereocenters. The van der Waals surface area contributed by atoms with E-state index in [1.807, 2.05) is 0 Å². The molecule has 0 bridgehead atoms. The molecule has 0 saturated carbocycles. The zero-order chi connectivity index (χ0) is 37.5. The first-order chi connectivity index (χ1) is 28.3. The van der Waals surface area contributed by atoms with Crippen molar-refractivity contribution in [2.75, 3.05) is 0 Å². The van der Waals surface area contributed by atoms with Crippen LogP contribution in [0.3, 0.4) is 0 Å². The van der Waals surface area contributed by atoms with Crippen molar-refractivity contribution in [3.63, 3.8) is 0 Å². The summed E-state index contributed by atoms with van der Waals surface area (Å²) in [4.78, 5) is 5.10. The van der Waals surface area contributed by atoms with Crippen LogP contribution in [0.5, 0.6) is 0 Å². The van der Waals surface area contributed by atoms with Crippen LogP contribution in [0, 0.1) is 0 Å². The smallest absolute Gasteiger partial charge is 0.146 e. The van der Waals surface area contributed by atoms with Crippen molar-refractivity contribution >= 4 is 70.7 Å². The summed E-state index contributed by atoms with van der Waals surface area (Å²) in [5, 5.41) is 11.1. The highest BCUT2D eigenvalue weighted by Gasteiger charge is 2.18. The zero-order valence-corrected chi connectivity index (χ0v) is 31.0. The lowest BCUT2D eigenvalue weighted by Crippen LogP contribution is -1.92. The number of hydrogen-bond donors (Lipinski definition) is 0. The van der Waals surface area contributed by atoms with Crippen LogP contribution in [0.2, 0.25) is 0 Å². The number of imidazole rings is 1. The molecule has 264 valence electrons. The van der Waals surface area contributed by atoms with E-state index in [2.05, 4.69) is 211 Å². The topological polar surface area (TPSA) is 17.3 Å². The van der Waals surface area contributed by atoms with Gasteiger partial charge in [0.05, 0.1) is 16.6 Å². The number of aromatic nitrogens is 2. The van der Waals surface area contributed by atoms with E-state index < -0.39 is 0 Å². The summed E-state index contributed by atoms with van der Waals surface area (Å²) in [6.45, 7) is 0. The van der Waals surface area contributed by atoms with E-state index in [0.717, 1.165) is 22.1 Å². The van der Waals surface area contributed by atoms with Gasteiger partial charge in [0.1, 0.15) is 5.65 Å². The lowest BCUT2D eigenvalue weighted by atomic mass is 9.85. The zero-order valence-electron chi connectivity index (χ0n) is 31.0. The van der Waals surface area contributed by atoms with Gasteiger partial charge in [-0.05, 0) is 119 Å². The fraction of sp³-hybridized carbons (Fsp3) is 0. The number of rotatable bonds is 4. The van der Waals surface area contributed by atoms with E-state index in [4.69, 9.17) is 4.98 Å². The third-order valence-electron chi connectivity index (χ3n) is 12.0. The van der Waals surface area contributed by atoms with E-state index in [9.17, 15) is 0 Å². The van der Waals surface area contributed by atoms with Gasteiger partial charge in [0.25, 0.3) is 0 Å². The summed E-state index contributed by atoms with van der Waals surface area (Å²) >= 11 is 0. The molecular formula is C55H34N2. The van der Waals surface area contributed by atoms with Crippen LogP contribution in [-0.4, -0.2) is 9.38 Å². The molecule has 0 aliphatic heterocycles. The molecule has 0 atom stereocenters. The summed E-state index contributed by atoms with van der Waals surface area (Å²) in [7, 11) is 0. The molecule has 0 aliphatic carbocycles. The third kappa shape index (κ3) is 4.94. The molecule has 0 saturated heterocycles. The Morgan fingerprint density at radius 2 is 0.737 bits per heavy atom. The second kappa shape index (κ2) is 12.5.